The smallest absolute Gasteiger partial charge is 0.406 e. The summed E-state index contributed by atoms with van der Waals surface area (Å²) in [6, 6.07) is 5.36. The largest absolute Gasteiger partial charge is 0.573 e. The number of hydrogen-bond donors (Lipinski definition) is 3. The first kappa shape index (κ1) is 15.4. The van der Waals surface area contributed by atoms with Gasteiger partial charge in [0.05, 0.1) is 12.6 Å². The highest BCUT2D eigenvalue weighted by Gasteiger charge is 2.31. The van der Waals surface area contributed by atoms with Crippen LogP contribution < -0.4 is 15.4 Å². The highest BCUT2D eigenvalue weighted by atomic mass is 19.4. The number of nitrogens with one attached hydrogen (secondary N) is 2. The van der Waals surface area contributed by atoms with Crippen molar-refractivity contribution in [3.8, 4) is 5.75 Å². The zero-order chi connectivity index (χ0) is 15.5. The molecule has 1 aliphatic heterocycles. The number of halogens is 3. The van der Waals surface area contributed by atoms with Gasteiger partial charge in [-0.1, -0.05) is 12.1 Å². The lowest BCUT2D eigenvalue weighted by molar-refractivity contribution is -0.274. The number of guanidine groups is 1. The van der Waals surface area contributed by atoms with Crippen LogP contribution in [0.2, 0.25) is 0 Å². The fourth-order valence-corrected chi connectivity index (χ4v) is 1.86. The molecule has 1 aromatic carbocycles. The van der Waals surface area contributed by atoms with Crippen molar-refractivity contribution in [3.05, 3.63) is 29.8 Å². The van der Waals surface area contributed by atoms with Crippen LogP contribution in [0.15, 0.2) is 29.3 Å². The van der Waals surface area contributed by atoms with Crippen LogP contribution in [0, 0.1) is 0 Å². The van der Waals surface area contributed by atoms with Crippen molar-refractivity contribution in [3.63, 3.8) is 0 Å². The molecule has 0 spiro atoms. The Hall–Kier alpha value is -1.96. The van der Waals surface area contributed by atoms with Crippen molar-refractivity contribution < 1.29 is 23.0 Å². The Labute approximate surface area is 119 Å². The van der Waals surface area contributed by atoms with Crippen molar-refractivity contribution in [2.75, 3.05) is 13.1 Å². The normalized spacial score (nSPS) is 19.7. The van der Waals surface area contributed by atoms with Gasteiger partial charge in [-0.25, -0.2) is 0 Å². The molecule has 5 nitrogen and oxygen atoms in total. The Morgan fingerprint density at radius 1 is 1.43 bits per heavy atom. The highest BCUT2D eigenvalue weighted by molar-refractivity contribution is 5.81. The standard InChI is InChI=1S/C13H16F3N3O2/c1-8-6-17-12(19-8)18-7-11(20)9-2-4-10(5-3-9)21-13(14,15)16/h2-5,8,11,20H,6-7H2,1H3,(H2,17,18,19). The molecule has 2 unspecified atom stereocenters. The monoisotopic (exact) mass is 303 g/mol. The SMILES string of the molecule is CC1CN=C(NCC(O)c2ccc(OC(F)(F)F)cc2)N1. The molecule has 8 heteroatoms. The molecule has 0 saturated carbocycles. The molecule has 0 bridgehead atoms. The number of hydrogen-bond acceptors (Lipinski definition) is 5. The van der Waals surface area contributed by atoms with Gasteiger partial charge in [-0.05, 0) is 24.6 Å². The van der Waals surface area contributed by atoms with Crippen LogP contribution in [0.4, 0.5) is 13.2 Å². The van der Waals surface area contributed by atoms with E-state index < -0.39 is 12.5 Å². The van der Waals surface area contributed by atoms with Gasteiger partial charge in [0.25, 0.3) is 0 Å². The second-order valence-corrected chi connectivity index (χ2v) is 4.75. The van der Waals surface area contributed by atoms with Gasteiger partial charge >= 0.3 is 6.36 Å². The molecule has 116 valence electrons. The predicted octanol–water partition coefficient (Wildman–Crippen LogP) is 1.56. The van der Waals surface area contributed by atoms with Gasteiger partial charge in [0.15, 0.2) is 5.96 Å². The summed E-state index contributed by atoms with van der Waals surface area (Å²) in [7, 11) is 0. The molecule has 0 aromatic heterocycles. The molecule has 21 heavy (non-hydrogen) atoms. The van der Waals surface area contributed by atoms with E-state index in [1.807, 2.05) is 6.92 Å². The molecule has 0 saturated heterocycles. The summed E-state index contributed by atoms with van der Waals surface area (Å²) in [6.45, 7) is 2.86. The topological polar surface area (TPSA) is 65.9 Å². The minimum atomic E-state index is -4.72. The average molecular weight is 303 g/mol. The van der Waals surface area contributed by atoms with Gasteiger partial charge in [-0.15, -0.1) is 13.2 Å². The zero-order valence-electron chi connectivity index (χ0n) is 11.3. The Kier molecular flexibility index (Phi) is 4.56. The molecule has 2 rings (SSSR count). The van der Waals surface area contributed by atoms with E-state index in [9.17, 15) is 18.3 Å². The van der Waals surface area contributed by atoms with Gasteiger partial charge in [-0.3, -0.25) is 4.99 Å². The maximum absolute atomic E-state index is 12.0. The minimum Gasteiger partial charge on any atom is -0.406 e. The third kappa shape index (κ3) is 4.82. The quantitative estimate of drug-likeness (QED) is 0.790. The number of nitrogens with zero attached hydrogens (tertiary/aromatic N) is 1. The lowest BCUT2D eigenvalue weighted by atomic mass is 10.1. The molecule has 0 radical (unpaired) electrons. The van der Waals surface area contributed by atoms with Crippen LogP contribution in [-0.4, -0.2) is 36.6 Å². The van der Waals surface area contributed by atoms with Crippen LogP contribution in [0.1, 0.15) is 18.6 Å². The molecule has 0 aliphatic carbocycles. The fourth-order valence-electron chi connectivity index (χ4n) is 1.86. The third-order valence-electron chi connectivity index (χ3n) is 2.87. The Balaban J connectivity index is 1.86. The Morgan fingerprint density at radius 3 is 2.62 bits per heavy atom. The number of alkyl halides is 3. The van der Waals surface area contributed by atoms with Crippen LogP contribution in [0.5, 0.6) is 5.75 Å². The van der Waals surface area contributed by atoms with E-state index >= 15 is 0 Å². The maximum atomic E-state index is 12.0. The lowest BCUT2D eigenvalue weighted by Crippen LogP contribution is -2.39. The zero-order valence-corrected chi connectivity index (χ0v) is 11.3. The first-order chi connectivity index (χ1) is 9.83. The summed E-state index contributed by atoms with van der Waals surface area (Å²) in [6.07, 6.45) is -5.57. The minimum absolute atomic E-state index is 0.206. The maximum Gasteiger partial charge on any atom is 0.573 e. The van der Waals surface area contributed by atoms with E-state index in [4.69, 9.17) is 0 Å². The second kappa shape index (κ2) is 6.21. The van der Waals surface area contributed by atoms with Gasteiger partial charge in [0, 0.05) is 12.6 Å². The number of aliphatic imine (C=N–C) groups is 1. The molecule has 2 atom stereocenters. The number of benzene rings is 1. The summed E-state index contributed by atoms with van der Waals surface area (Å²) >= 11 is 0. The summed E-state index contributed by atoms with van der Waals surface area (Å²) in [5.41, 5.74) is 0.490. The molecule has 1 heterocycles. The number of aliphatic hydroxyl groups is 1. The Bertz CT molecular complexity index is 502. The molecule has 1 aromatic rings. The molecule has 0 fully saturated rings. The molecular weight excluding hydrogens is 287 g/mol. The second-order valence-electron chi connectivity index (χ2n) is 4.75. The van der Waals surface area contributed by atoms with Crippen LogP contribution in [0.25, 0.3) is 0 Å². The van der Waals surface area contributed by atoms with Crippen LogP contribution in [0.3, 0.4) is 0 Å². The third-order valence-corrected chi connectivity index (χ3v) is 2.87. The van der Waals surface area contributed by atoms with Gasteiger partial charge in [-0.2, -0.15) is 0 Å². The van der Waals surface area contributed by atoms with Crippen LogP contribution >= 0.6 is 0 Å². The number of ether oxygens (including phenoxy) is 1. The van der Waals surface area contributed by atoms with Crippen molar-refractivity contribution >= 4 is 5.96 Å². The van der Waals surface area contributed by atoms with E-state index in [0.717, 1.165) is 0 Å². The summed E-state index contributed by atoms with van der Waals surface area (Å²) in [4.78, 5) is 4.18. The summed E-state index contributed by atoms with van der Waals surface area (Å²) in [5.74, 6) is 0.292. The fraction of sp³-hybridized carbons (Fsp3) is 0.462. The Morgan fingerprint density at radius 2 is 2.10 bits per heavy atom. The number of aliphatic hydroxyl groups excluding tert-OH is 1. The first-order valence-corrected chi connectivity index (χ1v) is 6.42. The van der Waals surface area contributed by atoms with E-state index in [0.29, 0.717) is 18.1 Å². The van der Waals surface area contributed by atoms with Crippen molar-refractivity contribution in [2.24, 2.45) is 4.99 Å². The van der Waals surface area contributed by atoms with Gasteiger partial charge in [0.1, 0.15) is 5.75 Å². The van der Waals surface area contributed by atoms with E-state index in [1.165, 1.54) is 24.3 Å². The van der Waals surface area contributed by atoms with Gasteiger partial charge in [0.2, 0.25) is 0 Å². The van der Waals surface area contributed by atoms with E-state index in [2.05, 4.69) is 20.4 Å². The summed E-state index contributed by atoms with van der Waals surface area (Å²) in [5, 5.41) is 16.0. The van der Waals surface area contributed by atoms with Crippen molar-refractivity contribution in [1.29, 1.82) is 0 Å². The van der Waals surface area contributed by atoms with E-state index in [1.54, 1.807) is 0 Å². The first-order valence-electron chi connectivity index (χ1n) is 6.42. The highest BCUT2D eigenvalue weighted by Crippen LogP contribution is 2.24. The summed E-state index contributed by atoms with van der Waals surface area (Å²) < 4.78 is 39.8. The van der Waals surface area contributed by atoms with E-state index in [-0.39, 0.29) is 18.3 Å². The molecule has 3 N–H and O–H groups in total. The molecular formula is C13H16F3N3O2. The van der Waals surface area contributed by atoms with Gasteiger partial charge < -0.3 is 20.5 Å². The molecule has 1 aliphatic rings. The van der Waals surface area contributed by atoms with Crippen LogP contribution in [-0.2, 0) is 0 Å². The predicted molar refractivity (Wildman–Crippen MR) is 71.0 cm³/mol. The average Bonchev–Trinajstić information content (AvgIpc) is 2.81. The number of rotatable bonds is 4. The molecule has 0 amide bonds. The van der Waals surface area contributed by atoms with Crippen molar-refractivity contribution in [1.82, 2.24) is 10.6 Å². The van der Waals surface area contributed by atoms with Crippen molar-refractivity contribution in [2.45, 2.75) is 25.4 Å². The lowest BCUT2D eigenvalue weighted by Gasteiger charge is -2.15.